The van der Waals surface area contributed by atoms with Crippen LogP contribution in [0.15, 0.2) is 46.6 Å². The molecule has 22 heavy (non-hydrogen) atoms. The third kappa shape index (κ3) is 3.71. The third-order valence-electron chi connectivity index (χ3n) is 3.00. The van der Waals surface area contributed by atoms with Crippen molar-refractivity contribution in [2.24, 2.45) is 10.2 Å². The molecule has 0 saturated carbocycles. The Morgan fingerprint density at radius 2 is 1.82 bits per heavy atom. The number of nitrogens with two attached hydrogens (primary N) is 1. The molecule has 0 atom stereocenters. The summed E-state index contributed by atoms with van der Waals surface area (Å²) in [5.41, 5.74) is 8.06. The number of hydrogen-bond acceptors (Lipinski definition) is 5. The monoisotopic (exact) mass is 321 g/mol. The highest BCUT2D eigenvalue weighted by Gasteiger charge is 2.16. The van der Waals surface area contributed by atoms with Crippen LogP contribution in [0.5, 0.6) is 5.75 Å². The molecule has 0 aromatic heterocycles. The Morgan fingerprint density at radius 3 is 2.45 bits per heavy atom. The first-order chi connectivity index (χ1) is 10.3. The highest BCUT2D eigenvalue weighted by molar-refractivity contribution is 7.60. The molecule has 7 nitrogen and oxygen atoms in total. The quantitative estimate of drug-likeness (QED) is 0.454. The highest BCUT2D eigenvalue weighted by Crippen LogP contribution is 2.35. The molecule has 0 aliphatic rings. The number of hydrogen-bond donors (Lipinski definition) is 3. The van der Waals surface area contributed by atoms with Crippen LogP contribution in [0.2, 0.25) is 0 Å². The molecule has 0 aliphatic heterocycles. The number of anilines is 1. The van der Waals surface area contributed by atoms with Crippen LogP contribution in [0.3, 0.4) is 0 Å². The number of methoxy groups -OCH3 is 1. The summed E-state index contributed by atoms with van der Waals surface area (Å²) in [7, 11) is -2.80. The van der Waals surface area contributed by atoms with Crippen LogP contribution >= 0.6 is 7.60 Å². The fourth-order valence-electron chi connectivity index (χ4n) is 1.83. The molecule has 2 aromatic rings. The van der Waals surface area contributed by atoms with E-state index in [9.17, 15) is 4.57 Å². The smallest absolute Gasteiger partial charge is 0.356 e. The second-order valence-corrected chi connectivity index (χ2v) is 6.25. The number of ether oxygens (including phenoxy) is 1. The van der Waals surface area contributed by atoms with Crippen LogP contribution < -0.4 is 15.8 Å². The van der Waals surface area contributed by atoms with Crippen LogP contribution in [-0.4, -0.2) is 16.9 Å². The summed E-state index contributed by atoms with van der Waals surface area (Å²) in [6.45, 7) is 1.82. The lowest BCUT2D eigenvalue weighted by atomic mass is 10.1. The molecular weight excluding hydrogens is 305 g/mol. The Hall–Kier alpha value is -2.21. The van der Waals surface area contributed by atoms with Gasteiger partial charge < -0.3 is 20.3 Å². The maximum Gasteiger partial charge on any atom is 0.356 e. The molecule has 0 unspecified atom stereocenters. The zero-order valence-corrected chi connectivity index (χ0v) is 13.0. The van der Waals surface area contributed by atoms with Crippen molar-refractivity contribution < 1.29 is 19.1 Å². The minimum Gasteiger partial charge on any atom is -0.495 e. The second-order valence-electron chi connectivity index (χ2n) is 4.64. The first-order valence-corrected chi connectivity index (χ1v) is 7.94. The topological polar surface area (TPSA) is 118 Å². The molecule has 0 aliphatic carbocycles. The van der Waals surface area contributed by atoms with Gasteiger partial charge in [-0.3, -0.25) is 4.57 Å². The number of benzene rings is 2. The van der Waals surface area contributed by atoms with Crippen LogP contribution in [-0.2, 0) is 4.57 Å². The lowest BCUT2D eigenvalue weighted by Gasteiger charge is -2.08. The minimum absolute atomic E-state index is 0.102. The van der Waals surface area contributed by atoms with Crippen molar-refractivity contribution in [3.63, 3.8) is 0 Å². The average molecular weight is 321 g/mol. The van der Waals surface area contributed by atoms with Gasteiger partial charge in [-0.1, -0.05) is 6.07 Å². The van der Waals surface area contributed by atoms with Gasteiger partial charge >= 0.3 is 7.60 Å². The van der Waals surface area contributed by atoms with Gasteiger partial charge in [-0.2, -0.15) is 10.2 Å². The van der Waals surface area contributed by atoms with E-state index in [4.69, 9.17) is 20.3 Å². The van der Waals surface area contributed by atoms with E-state index in [1.807, 2.05) is 6.92 Å². The van der Waals surface area contributed by atoms with Gasteiger partial charge in [0.25, 0.3) is 0 Å². The molecule has 2 rings (SSSR count). The van der Waals surface area contributed by atoms with Crippen molar-refractivity contribution in [2.45, 2.75) is 6.92 Å². The number of rotatable bonds is 4. The minimum atomic E-state index is -4.31. The van der Waals surface area contributed by atoms with Crippen molar-refractivity contribution in [3.8, 4) is 5.75 Å². The molecular formula is C14H16N3O4P. The fraction of sp³-hybridized carbons (Fsp3) is 0.143. The SMILES string of the molecule is COc1cc(N=Nc2cccc(P(=O)(O)O)c2)cc(C)c1N. The van der Waals surface area contributed by atoms with Gasteiger partial charge in [0.1, 0.15) is 5.75 Å². The Morgan fingerprint density at radius 1 is 1.14 bits per heavy atom. The van der Waals surface area contributed by atoms with Crippen LogP contribution in [0, 0.1) is 6.92 Å². The van der Waals surface area contributed by atoms with E-state index in [0.29, 0.717) is 22.8 Å². The van der Waals surface area contributed by atoms with E-state index in [-0.39, 0.29) is 5.30 Å². The van der Waals surface area contributed by atoms with Gasteiger partial charge in [-0.15, -0.1) is 0 Å². The number of nitrogens with zero attached hydrogens (tertiary/aromatic N) is 2. The zero-order chi connectivity index (χ0) is 16.3. The van der Waals surface area contributed by atoms with Crippen LogP contribution in [0.4, 0.5) is 17.1 Å². The summed E-state index contributed by atoms with van der Waals surface area (Å²) in [5.74, 6) is 0.498. The predicted octanol–water partition coefficient (Wildman–Crippen LogP) is 2.80. The molecule has 0 bridgehead atoms. The zero-order valence-electron chi connectivity index (χ0n) is 12.1. The predicted molar refractivity (Wildman–Crippen MR) is 84.4 cm³/mol. The Balaban J connectivity index is 2.33. The lowest BCUT2D eigenvalue weighted by Crippen LogP contribution is -2.01. The van der Waals surface area contributed by atoms with Crippen LogP contribution in [0.1, 0.15) is 5.56 Å². The van der Waals surface area contributed by atoms with Gasteiger partial charge in [0, 0.05) is 6.07 Å². The number of nitrogen functional groups attached to an aromatic ring is 1. The van der Waals surface area contributed by atoms with E-state index in [2.05, 4.69) is 10.2 Å². The standard InChI is InChI=1S/C14H16N3O4P/c1-9-6-11(8-13(21-2)14(9)15)17-16-10-4-3-5-12(7-10)22(18,19)20/h3-8H,15H2,1-2H3,(H2,18,19,20). The summed E-state index contributed by atoms with van der Waals surface area (Å²) < 4.78 is 16.4. The van der Waals surface area contributed by atoms with Crippen LogP contribution in [0.25, 0.3) is 0 Å². The van der Waals surface area contributed by atoms with Gasteiger partial charge in [0.15, 0.2) is 0 Å². The maximum atomic E-state index is 11.2. The van der Waals surface area contributed by atoms with E-state index >= 15 is 0 Å². The molecule has 116 valence electrons. The fourth-order valence-corrected chi connectivity index (χ4v) is 2.41. The largest absolute Gasteiger partial charge is 0.495 e. The van der Waals surface area contributed by atoms with Crippen molar-refractivity contribution in [1.29, 1.82) is 0 Å². The summed E-state index contributed by atoms with van der Waals surface area (Å²) in [6.07, 6.45) is 0. The average Bonchev–Trinajstić information content (AvgIpc) is 2.47. The molecule has 2 aromatic carbocycles. The van der Waals surface area contributed by atoms with E-state index in [1.54, 1.807) is 18.2 Å². The summed E-state index contributed by atoms with van der Waals surface area (Å²) in [4.78, 5) is 18.3. The summed E-state index contributed by atoms with van der Waals surface area (Å²) in [6, 6.07) is 9.14. The van der Waals surface area contributed by atoms with Gasteiger partial charge in [0.05, 0.1) is 29.5 Å². The molecule has 0 amide bonds. The second kappa shape index (κ2) is 6.27. The first kappa shape index (κ1) is 16.2. The first-order valence-electron chi connectivity index (χ1n) is 6.33. The summed E-state index contributed by atoms with van der Waals surface area (Å²) in [5, 5.41) is 7.93. The summed E-state index contributed by atoms with van der Waals surface area (Å²) >= 11 is 0. The van der Waals surface area contributed by atoms with Gasteiger partial charge in [0.2, 0.25) is 0 Å². The number of aryl methyl sites for hydroxylation is 1. The molecule has 0 spiro atoms. The number of azo groups is 1. The van der Waals surface area contributed by atoms with Crippen molar-refractivity contribution >= 4 is 30.0 Å². The normalized spacial score (nSPS) is 11.8. The maximum absolute atomic E-state index is 11.2. The highest BCUT2D eigenvalue weighted by atomic mass is 31.2. The van der Waals surface area contributed by atoms with Crippen molar-refractivity contribution in [2.75, 3.05) is 12.8 Å². The molecule has 8 heteroatoms. The lowest BCUT2D eigenvalue weighted by molar-refractivity contribution is 0.387. The van der Waals surface area contributed by atoms with E-state index < -0.39 is 7.60 Å². The van der Waals surface area contributed by atoms with E-state index in [0.717, 1.165) is 5.56 Å². The Bertz CT molecular complexity index is 771. The van der Waals surface area contributed by atoms with Gasteiger partial charge in [-0.05, 0) is 36.8 Å². The third-order valence-corrected chi connectivity index (χ3v) is 3.95. The molecule has 0 fully saturated rings. The van der Waals surface area contributed by atoms with Crippen molar-refractivity contribution in [3.05, 3.63) is 42.0 Å². The van der Waals surface area contributed by atoms with Gasteiger partial charge in [-0.25, -0.2) is 0 Å². The molecule has 4 N–H and O–H groups in total. The van der Waals surface area contributed by atoms with E-state index in [1.165, 1.54) is 25.3 Å². The Kier molecular flexibility index (Phi) is 4.61. The molecule has 0 radical (unpaired) electrons. The molecule has 0 saturated heterocycles. The molecule has 0 heterocycles. The van der Waals surface area contributed by atoms with Crippen molar-refractivity contribution in [1.82, 2.24) is 0 Å². The Labute approximate surface area is 127 Å².